The third-order valence-electron chi connectivity index (χ3n) is 4.68. The van der Waals surface area contributed by atoms with Crippen LogP contribution in [0, 0.1) is 10.1 Å². The summed E-state index contributed by atoms with van der Waals surface area (Å²) in [6.45, 7) is 2.44. The van der Waals surface area contributed by atoms with Gasteiger partial charge in [0.05, 0.1) is 4.92 Å². The summed E-state index contributed by atoms with van der Waals surface area (Å²) in [6, 6.07) is 15.1. The Balaban J connectivity index is 1.54. The average molecular weight is 382 g/mol. The number of hydrogen-bond acceptors (Lipinski definition) is 4. The summed E-state index contributed by atoms with van der Waals surface area (Å²) in [6.07, 6.45) is 0.678. The number of carbonyl (C=O) groups is 2. The van der Waals surface area contributed by atoms with Crippen molar-refractivity contribution in [1.82, 2.24) is 15.1 Å². The van der Waals surface area contributed by atoms with Crippen LogP contribution in [0.2, 0.25) is 0 Å². The molecule has 3 amide bonds. The van der Waals surface area contributed by atoms with E-state index >= 15 is 0 Å². The maximum atomic E-state index is 12.7. The monoisotopic (exact) mass is 382 g/mol. The van der Waals surface area contributed by atoms with E-state index in [0.29, 0.717) is 44.7 Å². The Morgan fingerprint density at radius 3 is 2.25 bits per heavy atom. The molecule has 1 aliphatic rings. The molecule has 3 rings (SSSR count). The maximum Gasteiger partial charge on any atom is 0.317 e. The van der Waals surface area contributed by atoms with E-state index in [1.165, 1.54) is 24.3 Å². The lowest BCUT2D eigenvalue weighted by Gasteiger charge is -2.22. The fourth-order valence-corrected chi connectivity index (χ4v) is 3.12. The summed E-state index contributed by atoms with van der Waals surface area (Å²) >= 11 is 0. The van der Waals surface area contributed by atoms with E-state index in [1.807, 2.05) is 30.3 Å². The first kappa shape index (κ1) is 19.3. The highest BCUT2D eigenvalue weighted by Gasteiger charge is 2.23. The molecule has 28 heavy (non-hydrogen) atoms. The molecule has 2 aromatic rings. The standard InChI is InChI=1S/C20H22N4O4/c25-19(17-7-9-18(10-8-17)24(27)28)22-11-4-12-23(14-13-22)20(26)21-15-16-5-2-1-3-6-16/h1-3,5-10H,4,11-15H2,(H,21,26). The lowest BCUT2D eigenvalue weighted by molar-refractivity contribution is -0.384. The number of nitro benzene ring substituents is 1. The first-order valence-electron chi connectivity index (χ1n) is 9.15. The number of carbonyl (C=O) groups excluding carboxylic acids is 2. The zero-order valence-electron chi connectivity index (χ0n) is 15.4. The van der Waals surface area contributed by atoms with Crippen LogP contribution in [0.1, 0.15) is 22.3 Å². The third-order valence-corrected chi connectivity index (χ3v) is 4.68. The van der Waals surface area contributed by atoms with E-state index in [4.69, 9.17) is 0 Å². The van der Waals surface area contributed by atoms with Crippen molar-refractivity contribution in [2.24, 2.45) is 0 Å². The van der Waals surface area contributed by atoms with Crippen molar-refractivity contribution < 1.29 is 14.5 Å². The molecule has 0 aromatic heterocycles. The number of non-ortho nitro benzene ring substituents is 1. The van der Waals surface area contributed by atoms with Gasteiger partial charge in [-0.25, -0.2) is 4.79 Å². The lowest BCUT2D eigenvalue weighted by atomic mass is 10.2. The van der Waals surface area contributed by atoms with Crippen LogP contribution in [-0.4, -0.2) is 52.8 Å². The zero-order chi connectivity index (χ0) is 19.9. The molecule has 1 saturated heterocycles. The number of urea groups is 1. The van der Waals surface area contributed by atoms with Gasteiger partial charge in [-0.1, -0.05) is 30.3 Å². The number of hydrogen-bond donors (Lipinski definition) is 1. The van der Waals surface area contributed by atoms with Crippen LogP contribution in [0.15, 0.2) is 54.6 Å². The Bertz CT molecular complexity index is 839. The fourth-order valence-electron chi connectivity index (χ4n) is 3.12. The van der Waals surface area contributed by atoms with Crippen LogP contribution in [0.25, 0.3) is 0 Å². The SMILES string of the molecule is O=C(NCc1ccccc1)N1CCCN(C(=O)c2ccc([N+](=O)[O-])cc2)CC1. The highest BCUT2D eigenvalue weighted by atomic mass is 16.6. The van der Waals surface area contributed by atoms with Crippen LogP contribution in [0.5, 0.6) is 0 Å². The van der Waals surface area contributed by atoms with E-state index < -0.39 is 4.92 Å². The molecule has 2 aromatic carbocycles. The van der Waals surface area contributed by atoms with Gasteiger partial charge in [-0.2, -0.15) is 0 Å². The van der Waals surface area contributed by atoms with Gasteiger partial charge in [-0.3, -0.25) is 14.9 Å². The molecule has 0 bridgehead atoms. The summed E-state index contributed by atoms with van der Waals surface area (Å²) in [5.74, 6) is -0.179. The smallest absolute Gasteiger partial charge is 0.317 e. The molecule has 0 atom stereocenters. The highest BCUT2D eigenvalue weighted by molar-refractivity contribution is 5.94. The highest BCUT2D eigenvalue weighted by Crippen LogP contribution is 2.15. The minimum Gasteiger partial charge on any atom is -0.337 e. The van der Waals surface area contributed by atoms with E-state index in [2.05, 4.69) is 5.32 Å². The van der Waals surface area contributed by atoms with Crippen molar-refractivity contribution in [3.05, 3.63) is 75.8 Å². The predicted molar refractivity (Wildman–Crippen MR) is 104 cm³/mol. The van der Waals surface area contributed by atoms with E-state index in [1.54, 1.807) is 9.80 Å². The van der Waals surface area contributed by atoms with Gasteiger partial charge in [-0.15, -0.1) is 0 Å². The number of benzene rings is 2. The maximum absolute atomic E-state index is 12.7. The molecule has 0 saturated carbocycles. The Labute approximate surface area is 162 Å². The van der Waals surface area contributed by atoms with Crippen LogP contribution < -0.4 is 5.32 Å². The second kappa shape index (κ2) is 8.98. The molecular formula is C20H22N4O4. The second-order valence-corrected chi connectivity index (χ2v) is 6.58. The Kier molecular flexibility index (Phi) is 6.21. The van der Waals surface area contributed by atoms with Gasteiger partial charge in [0.15, 0.2) is 0 Å². The molecule has 0 aliphatic carbocycles. The summed E-state index contributed by atoms with van der Waals surface area (Å²) in [5, 5.41) is 13.6. The molecule has 0 unspecified atom stereocenters. The largest absolute Gasteiger partial charge is 0.337 e. The number of rotatable bonds is 4. The quantitative estimate of drug-likeness (QED) is 0.649. The minimum atomic E-state index is -0.494. The lowest BCUT2D eigenvalue weighted by Crippen LogP contribution is -2.42. The van der Waals surface area contributed by atoms with Gasteiger partial charge >= 0.3 is 6.03 Å². The van der Waals surface area contributed by atoms with Gasteiger partial charge in [-0.05, 0) is 24.1 Å². The summed E-state index contributed by atoms with van der Waals surface area (Å²) < 4.78 is 0. The van der Waals surface area contributed by atoms with E-state index in [9.17, 15) is 19.7 Å². The minimum absolute atomic E-state index is 0.0475. The van der Waals surface area contributed by atoms with Gasteiger partial charge in [0.25, 0.3) is 11.6 Å². The Morgan fingerprint density at radius 2 is 1.57 bits per heavy atom. The van der Waals surface area contributed by atoms with Crippen molar-refractivity contribution in [1.29, 1.82) is 0 Å². The summed E-state index contributed by atoms with van der Waals surface area (Å²) in [7, 11) is 0. The Morgan fingerprint density at radius 1 is 0.929 bits per heavy atom. The molecule has 1 heterocycles. The first-order chi connectivity index (χ1) is 13.5. The van der Waals surface area contributed by atoms with E-state index in [-0.39, 0.29) is 17.6 Å². The van der Waals surface area contributed by atoms with Gasteiger partial charge < -0.3 is 15.1 Å². The summed E-state index contributed by atoms with van der Waals surface area (Å²) in [5.41, 5.74) is 1.39. The van der Waals surface area contributed by atoms with E-state index in [0.717, 1.165) is 5.56 Å². The van der Waals surface area contributed by atoms with Crippen molar-refractivity contribution in [3.63, 3.8) is 0 Å². The molecule has 1 aliphatic heterocycles. The van der Waals surface area contributed by atoms with Crippen LogP contribution in [-0.2, 0) is 6.54 Å². The molecule has 1 N–H and O–H groups in total. The van der Waals surface area contributed by atoms with Gasteiger partial charge in [0.1, 0.15) is 0 Å². The van der Waals surface area contributed by atoms with Crippen LogP contribution >= 0.6 is 0 Å². The molecule has 1 fully saturated rings. The normalized spacial score (nSPS) is 14.3. The topological polar surface area (TPSA) is 95.8 Å². The van der Waals surface area contributed by atoms with Gasteiger partial charge in [0.2, 0.25) is 0 Å². The molecular weight excluding hydrogens is 360 g/mol. The predicted octanol–water partition coefficient (Wildman–Crippen LogP) is 2.65. The molecule has 8 nitrogen and oxygen atoms in total. The van der Waals surface area contributed by atoms with Crippen molar-refractivity contribution >= 4 is 17.6 Å². The zero-order valence-corrected chi connectivity index (χ0v) is 15.4. The molecule has 146 valence electrons. The number of amides is 3. The molecule has 0 radical (unpaired) electrons. The van der Waals surface area contributed by atoms with Crippen molar-refractivity contribution in [3.8, 4) is 0 Å². The molecule has 0 spiro atoms. The molecule has 8 heteroatoms. The first-order valence-corrected chi connectivity index (χ1v) is 9.15. The number of nitrogens with one attached hydrogen (secondary N) is 1. The van der Waals surface area contributed by atoms with Crippen molar-refractivity contribution in [2.75, 3.05) is 26.2 Å². The number of nitrogens with zero attached hydrogens (tertiary/aromatic N) is 3. The van der Waals surface area contributed by atoms with Crippen LogP contribution in [0.4, 0.5) is 10.5 Å². The average Bonchev–Trinajstić information content (AvgIpc) is 2.98. The van der Waals surface area contributed by atoms with Crippen LogP contribution in [0.3, 0.4) is 0 Å². The van der Waals surface area contributed by atoms with Crippen molar-refractivity contribution in [2.45, 2.75) is 13.0 Å². The Hall–Kier alpha value is -3.42. The fraction of sp³-hybridized carbons (Fsp3) is 0.300. The number of nitro groups is 1. The van der Waals surface area contributed by atoms with Gasteiger partial charge in [0, 0.05) is 50.4 Å². The summed E-state index contributed by atoms with van der Waals surface area (Å²) in [4.78, 5) is 38.7. The second-order valence-electron chi connectivity index (χ2n) is 6.58. The third kappa shape index (κ3) is 4.85.